The smallest absolute Gasteiger partial charge is 0.311 e. The van der Waals surface area contributed by atoms with Gasteiger partial charge in [0.25, 0.3) is 0 Å². The molecule has 1 saturated heterocycles. The second kappa shape index (κ2) is 8.00. The molecule has 1 aromatic carbocycles. The number of amides is 1. The predicted molar refractivity (Wildman–Crippen MR) is 105 cm³/mol. The maximum Gasteiger partial charge on any atom is 0.311 e. The van der Waals surface area contributed by atoms with E-state index in [9.17, 15) is 14.4 Å². The van der Waals surface area contributed by atoms with E-state index in [-0.39, 0.29) is 30.8 Å². The Morgan fingerprint density at radius 1 is 1.18 bits per heavy atom. The Balaban J connectivity index is 1.66. The normalized spacial score (nSPS) is 16.7. The Bertz CT molecular complexity index is 899. The Kier molecular flexibility index (Phi) is 5.68. The summed E-state index contributed by atoms with van der Waals surface area (Å²) in [7, 11) is 0. The van der Waals surface area contributed by atoms with Crippen LogP contribution in [0.25, 0.3) is 5.69 Å². The summed E-state index contributed by atoms with van der Waals surface area (Å²) >= 11 is 0. The van der Waals surface area contributed by atoms with Crippen molar-refractivity contribution in [2.24, 2.45) is 5.92 Å². The van der Waals surface area contributed by atoms with Crippen LogP contribution in [0, 0.1) is 19.8 Å². The van der Waals surface area contributed by atoms with Gasteiger partial charge in [0.1, 0.15) is 0 Å². The van der Waals surface area contributed by atoms with Crippen LogP contribution in [0.15, 0.2) is 36.4 Å². The number of ether oxygens (including phenoxy) is 1. The van der Waals surface area contributed by atoms with Gasteiger partial charge in [-0.1, -0.05) is 18.2 Å². The standard InChI is InChI=1S/C22H26N2O4/c1-14(2)23-12-17(11-21(23)26)22(27)28-13-20(25)19-10-15(3)24(16(19)4)18-8-6-5-7-9-18/h5-10,14,17H,11-13H2,1-4H3. The van der Waals surface area contributed by atoms with E-state index in [4.69, 9.17) is 4.74 Å². The molecule has 1 fully saturated rings. The number of para-hydroxylation sites is 1. The molecule has 28 heavy (non-hydrogen) atoms. The van der Waals surface area contributed by atoms with Crippen LogP contribution in [0.5, 0.6) is 0 Å². The molecular weight excluding hydrogens is 356 g/mol. The predicted octanol–water partition coefficient (Wildman–Crippen LogP) is 3.08. The number of aryl methyl sites for hydroxylation is 1. The summed E-state index contributed by atoms with van der Waals surface area (Å²) in [6, 6.07) is 11.7. The molecular formula is C22H26N2O4. The van der Waals surface area contributed by atoms with Crippen molar-refractivity contribution >= 4 is 17.7 Å². The van der Waals surface area contributed by atoms with Crippen LogP contribution in [0.2, 0.25) is 0 Å². The van der Waals surface area contributed by atoms with Gasteiger partial charge in [-0.2, -0.15) is 0 Å². The fourth-order valence-corrected chi connectivity index (χ4v) is 3.74. The van der Waals surface area contributed by atoms with Gasteiger partial charge in [0, 0.05) is 41.6 Å². The van der Waals surface area contributed by atoms with Crippen LogP contribution in [0.4, 0.5) is 0 Å². The van der Waals surface area contributed by atoms with E-state index < -0.39 is 11.9 Å². The van der Waals surface area contributed by atoms with Gasteiger partial charge < -0.3 is 14.2 Å². The van der Waals surface area contributed by atoms with E-state index in [1.54, 1.807) is 4.90 Å². The Morgan fingerprint density at radius 3 is 2.46 bits per heavy atom. The van der Waals surface area contributed by atoms with Crippen LogP contribution in [0.3, 0.4) is 0 Å². The molecule has 0 saturated carbocycles. The molecule has 1 unspecified atom stereocenters. The third-order valence-electron chi connectivity index (χ3n) is 5.21. The van der Waals surface area contributed by atoms with Gasteiger partial charge in [0.2, 0.25) is 11.7 Å². The molecule has 2 aromatic rings. The van der Waals surface area contributed by atoms with Crippen molar-refractivity contribution in [1.82, 2.24) is 9.47 Å². The zero-order valence-corrected chi connectivity index (χ0v) is 16.8. The van der Waals surface area contributed by atoms with Crippen molar-refractivity contribution in [3.63, 3.8) is 0 Å². The van der Waals surface area contributed by atoms with Crippen molar-refractivity contribution in [2.45, 2.75) is 40.2 Å². The second-order valence-corrected chi connectivity index (χ2v) is 7.53. The zero-order valence-electron chi connectivity index (χ0n) is 16.8. The Hall–Kier alpha value is -2.89. The van der Waals surface area contributed by atoms with Gasteiger partial charge in [-0.3, -0.25) is 14.4 Å². The third-order valence-corrected chi connectivity index (χ3v) is 5.21. The molecule has 1 aliphatic heterocycles. The average Bonchev–Trinajstić information content (AvgIpc) is 3.20. The van der Waals surface area contributed by atoms with Gasteiger partial charge in [-0.25, -0.2) is 0 Å². The molecule has 0 N–H and O–H groups in total. The molecule has 0 aliphatic carbocycles. The number of hydrogen-bond acceptors (Lipinski definition) is 4. The number of likely N-dealkylation sites (tertiary alicyclic amines) is 1. The van der Waals surface area contributed by atoms with Gasteiger partial charge in [-0.05, 0) is 45.9 Å². The highest BCUT2D eigenvalue weighted by atomic mass is 16.5. The number of carbonyl (C=O) groups is 3. The molecule has 0 bridgehead atoms. The van der Waals surface area contributed by atoms with E-state index in [1.165, 1.54) is 0 Å². The number of hydrogen-bond donors (Lipinski definition) is 0. The third kappa shape index (κ3) is 3.86. The summed E-state index contributed by atoms with van der Waals surface area (Å²) in [5, 5.41) is 0. The summed E-state index contributed by atoms with van der Waals surface area (Å²) in [6.45, 7) is 7.68. The minimum Gasteiger partial charge on any atom is -0.457 e. The molecule has 1 aliphatic rings. The quantitative estimate of drug-likeness (QED) is 0.569. The molecule has 1 atom stereocenters. The molecule has 0 spiro atoms. The van der Waals surface area contributed by atoms with Crippen molar-refractivity contribution in [2.75, 3.05) is 13.2 Å². The molecule has 6 nitrogen and oxygen atoms in total. The first kappa shape index (κ1) is 19.9. The minimum absolute atomic E-state index is 0.0466. The molecule has 2 heterocycles. The molecule has 1 amide bonds. The first-order valence-corrected chi connectivity index (χ1v) is 9.53. The van der Waals surface area contributed by atoms with Gasteiger partial charge >= 0.3 is 5.97 Å². The molecule has 3 rings (SSSR count). The molecule has 6 heteroatoms. The topological polar surface area (TPSA) is 68.6 Å². The van der Waals surface area contributed by atoms with E-state index in [1.807, 2.05) is 68.7 Å². The minimum atomic E-state index is -0.501. The number of esters is 1. The van der Waals surface area contributed by atoms with Gasteiger partial charge in [-0.15, -0.1) is 0 Å². The van der Waals surface area contributed by atoms with Crippen molar-refractivity contribution in [3.8, 4) is 5.69 Å². The lowest BCUT2D eigenvalue weighted by atomic mass is 10.1. The van der Waals surface area contributed by atoms with E-state index in [0.717, 1.165) is 17.1 Å². The highest BCUT2D eigenvalue weighted by Crippen LogP contribution is 2.23. The summed E-state index contributed by atoms with van der Waals surface area (Å²) in [5.41, 5.74) is 3.27. The van der Waals surface area contributed by atoms with Crippen LogP contribution >= 0.6 is 0 Å². The number of carbonyl (C=O) groups excluding carboxylic acids is 3. The first-order valence-electron chi connectivity index (χ1n) is 9.53. The monoisotopic (exact) mass is 382 g/mol. The Labute approximate surface area is 165 Å². The maximum absolute atomic E-state index is 12.7. The average molecular weight is 382 g/mol. The molecule has 0 radical (unpaired) electrons. The first-order chi connectivity index (χ1) is 13.3. The SMILES string of the molecule is Cc1cc(C(=O)COC(=O)C2CC(=O)N(C(C)C)C2)c(C)n1-c1ccccc1. The number of rotatable bonds is 6. The van der Waals surface area contributed by atoms with E-state index in [2.05, 4.69) is 0 Å². The Morgan fingerprint density at radius 2 is 1.86 bits per heavy atom. The van der Waals surface area contributed by atoms with Crippen LogP contribution in [-0.4, -0.2) is 46.3 Å². The highest BCUT2D eigenvalue weighted by molar-refractivity contribution is 5.99. The van der Waals surface area contributed by atoms with Crippen LogP contribution in [-0.2, 0) is 14.3 Å². The number of ketones is 1. The van der Waals surface area contributed by atoms with Crippen molar-refractivity contribution in [1.29, 1.82) is 0 Å². The number of benzene rings is 1. The maximum atomic E-state index is 12.7. The number of aromatic nitrogens is 1. The van der Waals surface area contributed by atoms with Gasteiger partial charge in [0.15, 0.2) is 6.61 Å². The lowest BCUT2D eigenvalue weighted by Gasteiger charge is -2.20. The number of nitrogens with zero attached hydrogens (tertiary/aromatic N) is 2. The highest BCUT2D eigenvalue weighted by Gasteiger charge is 2.36. The van der Waals surface area contributed by atoms with E-state index in [0.29, 0.717) is 12.1 Å². The fourth-order valence-electron chi connectivity index (χ4n) is 3.74. The molecule has 1 aromatic heterocycles. The lowest BCUT2D eigenvalue weighted by Crippen LogP contribution is -2.33. The van der Waals surface area contributed by atoms with Gasteiger partial charge in [0.05, 0.1) is 5.92 Å². The summed E-state index contributed by atoms with van der Waals surface area (Å²) < 4.78 is 7.26. The second-order valence-electron chi connectivity index (χ2n) is 7.53. The van der Waals surface area contributed by atoms with Crippen molar-refractivity contribution < 1.29 is 19.1 Å². The van der Waals surface area contributed by atoms with E-state index >= 15 is 0 Å². The van der Waals surface area contributed by atoms with Crippen LogP contribution in [0.1, 0.15) is 42.0 Å². The zero-order chi connectivity index (χ0) is 20.4. The summed E-state index contributed by atoms with van der Waals surface area (Å²) in [6.07, 6.45) is 0.147. The lowest BCUT2D eigenvalue weighted by molar-refractivity contribution is -0.147. The molecule has 148 valence electrons. The summed E-state index contributed by atoms with van der Waals surface area (Å²) in [4.78, 5) is 38.6. The number of Topliss-reactive ketones (excluding diaryl/α,β-unsaturated/α-hetero) is 1. The van der Waals surface area contributed by atoms with Crippen molar-refractivity contribution in [3.05, 3.63) is 53.3 Å². The largest absolute Gasteiger partial charge is 0.457 e. The summed E-state index contributed by atoms with van der Waals surface area (Å²) in [5.74, 6) is -1.27. The van der Waals surface area contributed by atoms with Crippen LogP contribution < -0.4 is 0 Å². The fraction of sp³-hybridized carbons (Fsp3) is 0.409.